The molecule has 30 heavy (non-hydrogen) atoms. The van der Waals surface area contributed by atoms with Crippen molar-refractivity contribution in [2.45, 2.75) is 26.9 Å². The summed E-state index contributed by atoms with van der Waals surface area (Å²) in [6.45, 7) is 5.62. The third kappa shape index (κ3) is 5.61. The summed E-state index contributed by atoms with van der Waals surface area (Å²) in [4.78, 5) is 24.8. The van der Waals surface area contributed by atoms with Crippen LogP contribution in [0, 0.1) is 13.8 Å². The Morgan fingerprint density at radius 1 is 0.900 bits per heavy atom. The number of carbonyl (C=O) groups is 2. The van der Waals surface area contributed by atoms with Gasteiger partial charge in [0.05, 0.1) is 0 Å². The molecule has 154 valence electrons. The maximum Gasteiger partial charge on any atom is 0.265 e. The topological polar surface area (TPSA) is 67.4 Å². The van der Waals surface area contributed by atoms with Crippen LogP contribution in [0.25, 0.3) is 0 Å². The molecule has 0 fully saturated rings. The molecule has 2 N–H and O–H groups in total. The molecule has 0 aliphatic heterocycles. The van der Waals surface area contributed by atoms with Crippen molar-refractivity contribution in [2.75, 3.05) is 10.6 Å². The second-order valence-electron chi connectivity index (χ2n) is 7.05. The first kappa shape index (κ1) is 21.4. The van der Waals surface area contributed by atoms with E-state index in [0.29, 0.717) is 22.0 Å². The fraction of sp³-hybridized carbons (Fsp3) is 0.167. The molecule has 0 unspecified atom stereocenters. The normalized spacial score (nSPS) is 11.5. The van der Waals surface area contributed by atoms with Gasteiger partial charge in [0.15, 0.2) is 6.10 Å². The van der Waals surface area contributed by atoms with Gasteiger partial charge in [-0.1, -0.05) is 29.3 Å². The van der Waals surface area contributed by atoms with Crippen LogP contribution in [-0.4, -0.2) is 17.9 Å². The number of hydrogen-bond donors (Lipinski definition) is 2. The van der Waals surface area contributed by atoms with Gasteiger partial charge in [-0.25, -0.2) is 0 Å². The van der Waals surface area contributed by atoms with Crippen molar-refractivity contribution in [3.05, 3.63) is 88.4 Å². The molecule has 2 amide bonds. The summed E-state index contributed by atoms with van der Waals surface area (Å²) in [5.41, 5.74) is 4.06. The molecule has 3 aromatic carbocycles. The van der Waals surface area contributed by atoms with Crippen molar-refractivity contribution in [3.63, 3.8) is 0 Å². The van der Waals surface area contributed by atoms with Gasteiger partial charge in [0.2, 0.25) is 0 Å². The van der Waals surface area contributed by atoms with Gasteiger partial charge in [0, 0.05) is 22.0 Å². The number of aryl methyl sites for hydroxylation is 2. The second-order valence-corrected chi connectivity index (χ2v) is 7.49. The Bertz CT molecular complexity index is 1050. The van der Waals surface area contributed by atoms with Crippen LogP contribution in [0.3, 0.4) is 0 Å². The molecule has 1 atom stereocenters. The predicted molar refractivity (Wildman–Crippen MR) is 120 cm³/mol. The highest BCUT2D eigenvalue weighted by atomic mass is 35.5. The maximum absolute atomic E-state index is 12.5. The Morgan fingerprint density at radius 3 is 2.20 bits per heavy atom. The van der Waals surface area contributed by atoms with Crippen molar-refractivity contribution in [3.8, 4) is 5.75 Å². The summed E-state index contributed by atoms with van der Waals surface area (Å²) in [5.74, 6) is 0.00726. The van der Waals surface area contributed by atoms with Crippen molar-refractivity contribution >= 4 is 34.8 Å². The van der Waals surface area contributed by atoms with Gasteiger partial charge in [0.25, 0.3) is 11.8 Å². The van der Waals surface area contributed by atoms with E-state index in [4.69, 9.17) is 16.3 Å². The number of benzene rings is 3. The van der Waals surface area contributed by atoms with Crippen LogP contribution < -0.4 is 15.4 Å². The zero-order valence-corrected chi connectivity index (χ0v) is 17.8. The molecule has 3 aromatic rings. The van der Waals surface area contributed by atoms with E-state index in [1.54, 1.807) is 55.5 Å². The lowest BCUT2D eigenvalue weighted by Crippen LogP contribution is -2.30. The molecule has 0 aliphatic carbocycles. The third-order valence-electron chi connectivity index (χ3n) is 4.54. The van der Waals surface area contributed by atoms with Crippen LogP contribution in [0.15, 0.2) is 66.7 Å². The minimum absolute atomic E-state index is 0.206. The average molecular weight is 423 g/mol. The van der Waals surface area contributed by atoms with E-state index in [-0.39, 0.29) is 11.8 Å². The van der Waals surface area contributed by atoms with Gasteiger partial charge in [-0.3, -0.25) is 9.59 Å². The SMILES string of the molecule is Cc1ccc(NC(=O)c2ccc(O[C@H](C)C(=O)Nc3ccc(Cl)cc3)cc2)c(C)c1. The maximum atomic E-state index is 12.5. The fourth-order valence-corrected chi connectivity index (χ4v) is 2.99. The smallest absolute Gasteiger partial charge is 0.265 e. The quantitative estimate of drug-likeness (QED) is 0.542. The minimum Gasteiger partial charge on any atom is -0.481 e. The van der Waals surface area contributed by atoms with E-state index in [1.165, 1.54) is 0 Å². The molecule has 0 aliphatic rings. The number of rotatable bonds is 6. The van der Waals surface area contributed by atoms with Gasteiger partial charge in [-0.15, -0.1) is 0 Å². The van der Waals surface area contributed by atoms with E-state index < -0.39 is 6.10 Å². The molecule has 0 saturated heterocycles. The Hall–Kier alpha value is -3.31. The van der Waals surface area contributed by atoms with Gasteiger partial charge in [-0.05, 0) is 80.9 Å². The van der Waals surface area contributed by atoms with Crippen LogP contribution in [0.5, 0.6) is 5.75 Å². The molecule has 0 saturated carbocycles. The zero-order chi connectivity index (χ0) is 21.7. The van der Waals surface area contributed by atoms with Gasteiger partial charge in [0.1, 0.15) is 5.75 Å². The van der Waals surface area contributed by atoms with E-state index in [9.17, 15) is 9.59 Å². The Balaban J connectivity index is 1.58. The lowest BCUT2D eigenvalue weighted by molar-refractivity contribution is -0.122. The average Bonchev–Trinajstić information content (AvgIpc) is 2.72. The second kappa shape index (κ2) is 9.46. The van der Waals surface area contributed by atoms with Crippen LogP contribution in [0.4, 0.5) is 11.4 Å². The highest BCUT2D eigenvalue weighted by molar-refractivity contribution is 6.30. The Kier molecular flexibility index (Phi) is 6.75. The number of halogens is 1. The summed E-state index contributed by atoms with van der Waals surface area (Å²) in [7, 11) is 0. The molecule has 0 bridgehead atoms. The molecule has 0 aromatic heterocycles. The summed E-state index contributed by atoms with van der Waals surface area (Å²) in [6.07, 6.45) is -0.712. The monoisotopic (exact) mass is 422 g/mol. The van der Waals surface area contributed by atoms with Crippen LogP contribution in [0.2, 0.25) is 5.02 Å². The van der Waals surface area contributed by atoms with E-state index >= 15 is 0 Å². The highest BCUT2D eigenvalue weighted by Gasteiger charge is 2.15. The molecule has 0 heterocycles. The lowest BCUT2D eigenvalue weighted by atomic mass is 10.1. The number of hydrogen-bond acceptors (Lipinski definition) is 3. The van der Waals surface area contributed by atoms with Crippen molar-refractivity contribution in [1.82, 2.24) is 0 Å². The van der Waals surface area contributed by atoms with E-state index in [1.807, 2.05) is 32.0 Å². The fourth-order valence-electron chi connectivity index (χ4n) is 2.87. The number of nitrogens with one attached hydrogen (secondary N) is 2. The zero-order valence-electron chi connectivity index (χ0n) is 17.0. The molecular weight excluding hydrogens is 400 g/mol. The Labute approximate surface area is 181 Å². The summed E-state index contributed by atoms with van der Waals surface area (Å²) >= 11 is 5.85. The van der Waals surface area contributed by atoms with Gasteiger partial charge in [-0.2, -0.15) is 0 Å². The molecule has 6 heteroatoms. The minimum atomic E-state index is -0.712. The predicted octanol–water partition coefficient (Wildman–Crippen LogP) is 5.62. The number of ether oxygens (including phenoxy) is 1. The first-order valence-corrected chi connectivity index (χ1v) is 9.91. The summed E-state index contributed by atoms with van der Waals surface area (Å²) in [6, 6.07) is 19.4. The summed E-state index contributed by atoms with van der Waals surface area (Å²) in [5, 5.41) is 6.27. The van der Waals surface area contributed by atoms with Crippen LogP contribution in [0.1, 0.15) is 28.4 Å². The van der Waals surface area contributed by atoms with Crippen molar-refractivity contribution in [1.29, 1.82) is 0 Å². The highest BCUT2D eigenvalue weighted by Crippen LogP contribution is 2.19. The standard InChI is InChI=1S/C24H23ClN2O3/c1-15-4-13-22(16(2)14-15)27-24(29)18-5-11-21(12-6-18)30-17(3)23(28)26-20-9-7-19(25)8-10-20/h4-14,17H,1-3H3,(H,26,28)(H,27,29)/t17-/m1/s1. The van der Waals surface area contributed by atoms with Crippen molar-refractivity contribution < 1.29 is 14.3 Å². The molecule has 3 rings (SSSR count). The van der Waals surface area contributed by atoms with Gasteiger partial charge < -0.3 is 15.4 Å². The molecular formula is C24H23ClN2O3. The molecule has 5 nitrogen and oxygen atoms in total. The molecule has 0 radical (unpaired) electrons. The first-order valence-electron chi connectivity index (χ1n) is 9.53. The third-order valence-corrected chi connectivity index (χ3v) is 4.79. The Morgan fingerprint density at radius 2 is 1.57 bits per heavy atom. The number of carbonyl (C=O) groups excluding carboxylic acids is 2. The number of anilines is 2. The van der Waals surface area contributed by atoms with Crippen LogP contribution in [-0.2, 0) is 4.79 Å². The number of amides is 2. The first-order chi connectivity index (χ1) is 14.3. The molecule has 0 spiro atoms. The van der Waals surface area contributed by atoms with Crippen LogP contribution >= 0.6 is 11.6 Å². The van der Waals surface area contributed by atoms with Crippen molar-refractivity contribution in [2.24, 2.45) is 0 Å². The van der Waals surface area contributed by atoms with Gasteiger partial charge >= 0.3 is 0 Å². The van der Waals surface area contributed by atoms with E-state index in [2.05, 4.69) is 10.6 Å². The summed E-state index contributed by atoms with van der Waals surface area (Å²) < 4.78 is 5.69. The van der Waals surface area contributed by atoms with E-state index in [0.717, 1.165) is 16.8 Å². The largest absolute Gasteiger partial charge is 0.481 e. The lowest BCUT2D eigenvalue weighted by Gasteiger charge is -2.15.